The molecule has 0 saturated heterocycles. The van der Waals surface area contributed by atoms with Gasteiger partial charge < -0.3 is 8.85 Å². The fourth-order valence-electron chi connectivity index (χ4n) is 3.88. The van der Waals surface area contributed by atoms with E-state index in [-0.39, 0.29) is 17.2 Å². The molecule has 0 aromatic heterocycles. The summed E-state index contributed by atoms with van der Waals surface area (Å²) < 4.78 is 15.4. The van der Waals surface area contributed by atoms with Crippen LogP contribution in [-0.4, -0.2) is 33.3 Å². The third-order valence-electron chi connectivity index (χ3n) is 7.47. The van der Waals surface area contributed by atoms with Crippen molar-refractivity contribution in [2.75, 3.05) is 4.43 Å². The maximum Gasteiger partial charge on any atom is 0.192 e. The first-order chi connectivity index (χ1) is 13.8. The van der Waals surface area contributed by atoms with Crippen LogP contribution >= 0.6 is 22.6 Å². The van der Waals surface area contributed by atoms with Gasteiger partial charge >= 0.3 is 0 Å². The van der Waals surface area contributed by atoms with Crippen LogP contribution in [0.5, 0.6) is 0 Å². The van der Waals surface area contributed by atoms with Gasteiger partial charge in [0.15, 0.2) is 16.6 Å². The predicted octanol–water partition coefficient (Wildman–Crippen LogP) is 8.85. The Labute approximate surface area is 205 Å². The number of allylic oxidation sites excluding steroid dienone is 2. The summed E-state index contributed by atoms with van der Waals surface area (Å²) >= 11 is 2.52. The normalized spacial score (nSPS) is 18.8. The molecule has 0 amide bonds. The zero-order valence-electron chi connectivity index (χ0n) is 21.8. The summed E-state index contributed by atoms with van der Waals surface area (Å²) in [6.07, 6.45) is 6.61. The summed E-state index contributed by atoms with van der Waals surface area (Å²) in [6.45, 7) is 29.6. The Morgan fingerprint density at radius 3 is 1.80 bits per heavy atom. The number of hydrogen-bond acceptors (Lipinski definition) is 2. The topological polar surface area (TPSA) is 18.5 Å². The molecule has 5 atom stereocenters. The molecule has 0 radical (unpaired) electrons. The maximum absolute atomic E-state index is 7.17. The number of hydrogen-bond donors (Lipinski definition) is 0. The molecule has 30 heavy (non-hydrogen) atoms. The smallest absolute Gasteiger partial charge is 0.192 e. The zero-order valence-corrected chi connectivity index (χ0v) is 26.0. The molecule has 0 fully saturated rings. The molecule has 0 saturated carbocycles. The van der Waals surface area contributed by atoms with E-state index in [0.717, 1.165) is 4.43 Å². The molecule has 5 heteroatoms. The summed E-state index contributed by atoms with van der Waals surface area (Å²) in [5.74, 6) is 1.17. The molecule has 0 spiro atoms. The Kier molecular flexibility index (Phi) is 13.6. The van der Waals surface area contributed by atoms with E-state index in [0.29, 0.717) is 17.8 Å². The van der Waals surface area contributed by atoms with Crippen molar-refractivity contribution in [3.05, 3.63) is 24.8 Å². The second kappa shape index (κ2) is 13.3. The molecule has 0 N–H and O–H groups in total. The molecule has 0 aromatic carbocycles. The molecule has 0 aliphatic heterocycles. The van der Waals surface area contributed by atoms with Gasteiger partial charge in [0, 0.05) is 10.3 Å². The van der Waals surface area contributed by atoms with Gasteiger partial charge in [-0.15, -0.1) is 0 Å². The number of rotatable bonds is 14. The minimum Gasteiger partial charge on any atom is -0.413 e. The van der Waals surface area contributed by atoms with Gasteiger partial charge in [-0.3, -0.25) is 0 Å². The fourth-order valence-corrected chi connectivity index (χ4v) is 8.87. The molecule has 0 aliphatic rings. The van der Waals surface area contributed by atoms with E-state index in [4.69, 9.17) is 8.85 Å². The van der Waals surface area contributed by atoms with Crippen LogP contribution in [-0.2, 0) is 8.85 Å². The lowest BCUT2D eigenvalue weighted by Gasteiger charge is -2.46. The minimum atomic E-state index is -1.88. The highest BCUT2D eigenvalue weighted by Crippen LogP contribution is 2.41. The SMILES string of the molecule is C=C/C=C/[C@H](C)[C@H](O[Si](CC)(CC)CC)[C@@H](C)[C@H](O[Si](C)(C)C(C)(C)C)[C@@H](C)CI. The quantitative estimate of drug-likeness (QED) is 0.0905. The summed E-state index contributed by atoms with van der Waals surface area (Å²) in [7, 11) is -3.62. The van der Waals surface area contributed by atoms with Gasteiger partial charge in [0.2, 0.25) is 0 Å². The fraction of sp³-hybridized carbons (Fsp3) is 0.840. The lowest BCUT2D eigenvalue weighted by atomic mass is 9.85. The van der Waals surface area contributed by atoms with Crippen LogP contribution in [0.25, 0.3) is 0 Å². The average Bonchev–Trinajstić information content (AvgIpc) is 2.69. The predicted molar refractivity (Wildman–Crippen MR) is 150 cm³/mol. The van der Waals surface area contributed by atoms with Crippen LogP contribution in [0.1, 0.15) is 62.3 Å². The van der Waals surface area contributed by atoms with Gasteiger partial charge in [-0.25, -0.2) is 0 Å². The van der Waals surface area contributed by atoms with E-state index in [9.17, 15) is 0 Å². The zero-order chi connectivity index (χ0) is 23.8. The Hall–Kier alpha value is 0.564. The van der Waals surface area contributed by atoms with Crippen LogP contribution in [0, 0.1) is 17.8 Å². The van der Waals surface area contributed by atoms with Gasteiger partial charge in [-0.2, -0.15) is 0 Å². The molecule has 178 valence electrons. The number of alkyl halides is 1. The highest BCUT2D eigenvalue weighted by atomic mass is 127. The first kappa shape index (κ1) is 30.6. The third-order valence-corrected chi connectivity index (χ3v) is 18.0. The van der Waals surface area contributed by atoms with E-state index in [2.05, 4.69) is 117 Å². The van der Waals surface area contributed by atoms with E-state index < -0.39 is 16.6 Å². The van der Waals surface area contributed by atoms with Crippen molar-refractivity contribution in [2.45, 2.75) is 111 Å². The lowest BCUT2D eigenvalue weighted by Crippen LogP contribution is -2.52. The minimum absolute atomic E-state index is 0.174. The second-order valence-corrected chi connectivity index (χ2v) is 21.0. The maximum atomic E-state index is 7.17. The Bertz CT molecular complexity index is 515. The van der Waals surface area contributed by atoms with Crippen LogP contribution in [0.3, 0.4) is 0 Å². The van der Waals surface area contributed by atoms with E-state index in [1.807, 2.05) is 6.08 Å². The summed E-state index contributed by atoms with van der Waals surface area (Å²) in [5, 5.41) is 0.204. The van der Waals surface area contributed by atoms with Gasteiger partial charge in [-0.05, 0) is 48.1 Å². The third kappa shape index (κ3) is 8.49. The summed E-state index contributed by atoms with van der Waals surface area (Å²) in [5.41, 5.74) is 0. The monoisotopic (exact) mass is 566 g/mol. The van der Waals surface area contributed by atoms with Crippen LogP contribution < -0.4 is 0 Å². The van der Waals surface area contributed by atoms with Gasteiger partial charge in [0.1, 0.15) is 0 Å². The van der Waals surface area contributed by atoms with Crippen molar-refractivity contribution < 1.29 is 8.85 Å². The molecule has 0 unspecified atom stereocenters. The van der Waals surface area contributed by atoms with Gasteiger partial charge in [0.05, 0.1) is 12.2 Å². The standard InChI is InChI=1S/C25H51IO2Si2/c1-13-17-18-20(5)23(28-30(14-2,15-3)16-4)22(7)24(21(6)19-26)27-29(11,12)25(8,9)10/h13,17-18,20-24H,1,14-16,19H2,2-12H3/b18-17+/t20-,21-,22+,23-,24+/m0/s1. The van der Waals surface area contributed by atoms with Gasteiger partial charge in [-0.1, -0.05) is 110 Å². The Morgan fingerprint density at radius 1 is 0.933 bits per heavy atom. The molecule has 0 bridgehead atoms. The molecule has 0 heterocycles. The first-order valence-corrected chi connectivity index (χ1v) is 18.9. The lowest BCUT2D eigenvalue weighted by molar-refractivity contribution is -0.00114. The largest absolute Gasteiger partial charge is 0.413 e. The van der Waals surface area contributed by atoms with Gasteiger partial charge in [0.25, 0.3) is 0 Å². The van der Waals surface area contributed by atoms with Crippen LogP contribution in [0.2, 0.25) is 36.3 Å². The highest BCUT2D eigenvalue weighted by Gasteiger charge is 2.44. The molecular weight excluding hydrogens is 515 g/mol. The van der Waals surface area contributed by atoms with Crippen molar-refractivity contribution in [3.63, 3.8) is 0 Å². The van der Waals surface area contributed by atoms with Crippen molar-refractivity contribution >= 4 is 39.2 Å². The summed E-state index contributed by atoms with van der Waals surface area (Å²) in [6, 6.07) is 3.53. The number of halogens is 1. The van der Waals surface area contributed by atoms with E-state index in [1.165, 1.54) is 18.1 Å². The Balaban J connectivity index is 6.16. The molecule has 2 nitrogen and oxygen atoms in total. The van der Waals surface area contributed by atoms with E-state index in [1.54, 1.807) is 0 Å². The highest BCUT2D eigenvalue weighted by molar-refractivity contribution is 14.1. The van der Waals surface area contributed by atoms with Crippen LogP contribution in [0.15, 0.2) is 24.8 Å². The molecule has 0 aliphatic carbocycles. The van der Waals surface area contributed by atoms with E-state index >= 15 is 0 Å². The first-order valence-electron chi connectivity index (χ1n) is 12.0. The van der Waals surface area contributed by atoms with Crippen molar-refractivity contribution in [1.29, 1.82) is 0 Å². The molecule has 0 rings (SSSR count). The molecule has 0 aromatic rings. The average molecular weight is 567 g/mol. The van der Waals surface area contributed by atoms with Crippen molar-refractivity contribution in [2.24, 2.45) is 17.8 Å². The summed E-state index contributed by atoms with van der Waals surface area (Å²) in [4.78, 5) is 0. The molecular formula is C25H51IO2Si2. The van der Waals surface area contributed by atoms with Crippen molar-refractivity contribution in [3.8, 4) is 0 Å². The Morgan fingerprint density at radius 2 is 1.43 bits per heavy atom. The van der Waals surface area contributed by atoms with Crippen LogP contribution in [0.4, 0.5) is 0 Å². The second-order valence-electron chi connectivity index (χ2n) is 10.6. The van der Waals surface area contributed by atoms with Crippen molar-refractivity contribution in [1.82, 2.24) is 0 Å².